The summed E-state index contributed by atoms with van der Waals surface area (Å²) in [4.78, 5) is 24.4. The van der Waals surface area contributed by atoms with Crippen molar-refractivity contribution in [3.05, 3.63) is 35.1 Å². The smallest absolute Gasteiger partial charge is 0.266 e. The molecule has 3 rings (SSSR count). The van der Waals surface area contributed by atoms with E-state index in [1.165, 1.54) is 17.8 Å². The lowest BCUT2D eigenvalue weighted by molar-refractivity contribution is 0.0612. The molecule has 5 heteroatoms. The summed E-state index contributed by atoms with van der Waals surface area (Å²) < 4.78 is 0. The predicted molar refractivity (Wildman–Crippen MR) is 89.0 cm³/mol. The molecule has 1 fully saturated rings. The van der Waals surface area contributed by atoms with Gasteiger partial charge in [-0.25, -0.2) is 4.98 Å². The van der Waals surface area contributed by atoms with Gasteiger partial charge in [-0.15, -0.1) is 11.3 Å². The Balaban J connectivity index is 1.88. The molecule has 0 radical (unpaired) electrons. The van der Waals surface area contributed by atoms with Crippen molar-refractivity contribution in [3.63, 3.8) is 0 Å². The molecule has 0 spiro atoms. The van der Waals surface area contributed by atoms with Gasteiger partial charge in [0.05, 0.1) is 5.69 Å². The highest BCUT2D eigenvalue weighted by Crippen LogP contribution is 2.30. The van der Waals surface area contributed by atoms with E-state index in [0.29, 0.717) is 6.04 Å². The fourth-order valence-electron chi connectivity index (χ4n) is 3.04. The molecule has 1 amide bonds. The van der Waals surface area contributed by atoms with Gasteiger partial charge in [-0.05, 0) is 44.7 Å². The van der Waals surface area contributed by atoms with Crippen LogP contribution >= 0.6 is 11.3 Å². The number of carbonyl (C=O) groups is 1. The normalized spacial score (nSPS) is 18.5. The molecule has 0 aliphatic carbocycles. The molecule has 1 atom stereocenters. The predicted octanol–water partition coefficient (Wildman–Crippen LogP) is 3.92. The molecule has 4 nitrogen and oxygen atoms in total. The van der Waals surface area contributed by atoms with Crippen LogP contribution in [-0.2, 0) is 0 Å². The Morgan fingerprint density at radius 2 is 2.14 bits per heavy atom. The number of pyridine rings is 1. The SMILES string of the molecule is CCC1CCCCN1C(=O)c1sc(-c2ccncc2)nc1C. The monoisotopic (exact) mass is 315 g/mol. The highest BCUT2D eigenvalue weighted by molar-refractivity contribution is 7.17. The number of hydrogen-bond acceptors (Lipinski definition) is 4. The van der Waals surface area contributed by atoms with Crippen LogP contribution < -0.4 is 0 Å². The number of rotatable bonds is 3. The Bertz CT molecular complexity index is 653. The van der Waals surface area contributed by atoms with E-state index in [0.717, 1.165) is 46.9 Å². The maximum absolute atomic E-state index is 12.9. The van der Waals surface area contributed by atoms with E-state index in [9.17, 15) is 4.79 Å². The van der Waals surface area contributed by atoms with Crippen LogP contribution in [0.25, 0.3) is 10.6 Å². The number of amides is 1. The first-order valence-corrected chi connectivity index (χ1v) is 8.71. The van der Waals surface area contributed by atoms with Crippen LogP contribution in [0.15, 0.2) is 24.5 Å². The summed E-state index contributed by atoms with van der Waals surface area (Å²) in [6, 6.07) is 4.25. The molecular formula is C17H21N3OS. The molecule has 3 heterocycles. The first-order valence-electron chi connectivity index (χ1n) is 7.89. The summed E-state index contributed by atoms with van der Waals surface area (Å²) in [5.41, 5.74) is 1.86. The lowest BCUT2D eigenvalue weighted by Gasteiger charge is -2.35. The molecule has 0 aromatic carbocycles. The molecule has 2 aromatic heterocycles. The van der Waals surface area contributed by atoms with Crippen LogP contribution in [0.3, 0.4) is 0 Å². The van der Waals surface area contributed by atoms with E-state index < -0.39 is 0 Å². The van der Waals surface area contributed by atoms with E-state index in [4.69, 9.17) is 0 Å². The van der Waals surface area contributed by atoms with E-state index in [1.807, 2.05) is 19.1 Å². The zero-order chi connectivity index (χ0) is 15.5. The number of hydrogen-bond donors (Lipinski definition) is 0. The fraction of sp³-hybridized carbons (Fsp3) is 0.471. The molecule has 0 N–H and O–H groups in total. The molecule has 116 valence electrons. The van der Waals surface area contributed by atoms with Crippen molar-refractivity contribution in [2.75, 3.05) is 6.54 Å². The van der Waals surface area contributed by atoms with Crippen LogP contribution in [0.4, 0.5) is 0 Å². The van der Waals surface area contributed by atoms with Gasteiger partial charge in [-0.3, -0.25) is 9.78 Å². The molecule has 22 heavy (non-hydrogen) atoms. The number of nitrogens with zero attached hydrogens (tertiary/aromatic N) is 3. The van der Waals surface area contributed by atoms with Gasteiger partial charge in [0.15, 0.2) is 0 Å². The Kier molecular flexibility index (Phi) is 4.52. The first-order chi connectivity index (χ1) is 10.7. The van der Waals surface area contributed by atoms with Crippen molar-refractivity contribution in [2.24, 2.45) is 0 Å². The van der Waals surface area contributed by atoms with Gasteiger partial charge >= 0.3 is 0 Å². The van der Waals surface area contributed by atoms with Gasteiger partial charge in [0, 0.05) is 30.5 Å². The van der Waals surface area contributed by atoms with Crippen molar-refractivity contribution < 1.29 is 4.79 Å². The van der Waals surface area contributed by atoms with Crippen molar-refractivity contribution in [1.82, 2.24) is 14.9 Å². The lowest BCUT2D eigenvalue weighted by Crippen LogP contribution is -2.43. The summed E-state index contributed by atoms with van der Waals surface area (Å²) in [6.45, 7) is 4.97. The zero-order valence-corrected chi connectivity index (χ0v) is 13.9. The highest BCUT2D eigenvalue weighted by atomic mass is 32.1. The second-order valence-electron chi connectivity index (χ2n) is 5.73. The van der Waals surface area contributed by atoms with Crippen LogP contribution in [-0.4, -0.2) is 33.4 Å². The average Bonchev–Trinajstić information content (AvgIpc) is 2.97. The number of piperidine rings is 1. The molecule has 2 aromatic rings. The average molecular weight is 315 g/mol. The lowest BCUT2D eigenvalue weighted by atomic mass is 10.00. The van der Waals surface area contributed by atoms with Crippen LogP contribution in [0.5, 0.6) is 0 Å². The molecular weight excluding hydrogens is 294 g/mol. The minimum absolute atomic E-state index is 0.154. The van der Waals surface area contributed by atoms with E-state index in [1.54, 1.807) is 12.4 Å². The maximum Gasteiger partial charge on any atom is 0.266 e. The summed E-state index contributed by atoms with van der Waals surface area (Å²) >= 11 is 1.50. The van der Waals surface area contributed by atoms with Crippen molar-refractivity contribution in [1.29, 1.82) is 0 Å². The summed E-state index contributed by atoms with van der Waals surface area (Å²) in [5, 5.41) is 0.897. The summed E-state index contributed by atoms with van der Waals surface area (Å²) in [5.74, 6) is 0.154. The Hall–Kier alpha value is -1.75. The van der Waals surface area contributed by atoms with Crippen LogP contribution in [0.1, 0.15) is 48.0 Å². The third-order valence-corrected chi connectivity index (χ3v) is 5.47. The summed E-state index contributed by atoms with van der Waals surface area (Å²) in [7, 11) is 0. The van der Waals surface area contributed by atoms with E-state index in [2.05, 4.69) is 21.8 Å². The van der Waals surface area contributed by atoms with E-state index in [-0.39, 0.29) is 5.91 Å². The fourth-order valence-corrected chi connectivity index (χ4v) is 4.06. The zero-order valence-electron chi connectivity index (χ0n) is 13.1. The standard InChI is InChI=1S/C17H21N3OS/c1-3-14-6-4-5-11-20(14)17(21)15-12(2)19-16(22-15)13-7-9-18-10-8-13/h7-10,14H,3-6,11H2,1-2H3. The van der Waals surface area contributed by atoms with Crippen molar-refractivity contribution in [3.8, 4) is 10.6 Å². The molecule has 0 bridgehead atoms. The quantitative estimate of drug-likeness (QED) is 0.862. The van der Waals surface area contributed by atoms with Gasteiger partial charge in [-0.1, -0.05) is 6.92 Å². The minimum atomic E-state index is 0.154. The number of likely N-dealkylation sites (tertiary alicyclic amines) is 1. The Morgan fingerprint density at radius 3 is 2.86 bits per heavy atom. The van der Waals surface area contributed by atoms with Gasteiger partial charge in [-0.2, -0.15) is 0 Å². The number of thiazole rings is 1. The molecule has 1 aliphatic rings. The van der Waals surface area contributed by atoms with Gasteiger partial charge in [0.2, 0.25) is 0 Å². The largest absolute Gasteiger partial charge is 0.335 e. The van der Waals surface area contributed by atoms with Gasteiger partial charge in [0.1, 0.15) is 9.88 Å². The number of carbonyl (C=O) groups excluding carboxylic acids is 1. The molecule has 1 unspecified atom stereocenters. The Labute approximate surface area is 135 Å². The Morgan fingerprint density at radius 1 is 1.36 bits per heavy atom. The molecule has 1 aliphatic heterocycles. The van der Waals surface area contributed by atoms with Crippen molar-refractivity contribution in [2.45, 2.75) is 45.6 Å². The third-order valence-electron chi connectivity index (χ3n) is 4.28. The maximum atomic E-state index is 12.9. The minimum Gasteiger partial charge on any atom is -0.335 e. The highest BCUT2D eigenvalue weighted by Gasteiger charge is 2.28. The summed E-state index contributed by atoms with van der Waals surface area (Å²) in [6.07, 6.45) is 8.00. The molecule has 0 saturated carbocycles. The topological polar surface area (TPSA) is 46.1 Å². The molecule has 1 saturated heterocycles. The number of aromatic nitrogens is 2. The second-order valence-corrected chi connectivity index (χ2v) is 6.72. The van der Waals surface area contributed by atoms with Crippen molar-refractivity contribution >= 4 is 17.2 Å². The van der Waals surface area contributed by atoms with Crippen LogP contribution in [0, 0.1) is 6.92 Å². The first kappa shape index (κ1) is 15.2. The second kappa shape index (κ2) is 6.57. The van der Waals surface area contributed by atoms with Gasteiger partial charge < -0.3 is 4.90 Å². The number of aryl methyl sites for hydroxylation is 1. The van der Waals surface area contributed by atoms with Gasteiger partial charge in [0.25, 0.3) is 5.91 Å². The van der Waals surface area contributed by atoms with E-state index >= 15 is 0 Å². The third kappa shape index (κ3) is 2.90. The van der Waals surface area contributed by atoms with Crippen LogP contribution in [0.2, 0.25) is 0 Å².